The highest BCUT2D eigenvalue weighted by atomic mass is 32.1. The van der Waals surface area contributed by atoms with Gasteiger partial charge in [0.15, 0.2) is 9.75 Å². The van der Waals surface area contributed by atoms with Crippen molar-refractivity contribution in [3.05, 3.63) is 93.7 Å². The quantitative estimate of drug-likeness (QED) is 0.0920. The summed E-state index contributed by atoms with van der Waals surface area (Å²) in [5.41, 5.74) is 6.32. The van der Waals surface area contributed by atoms with E-state index in [0.717, 1.165) is 61.2 Å². The first-order valence-electron chi connectivity index (χ1n) is 17.7. The molecular formula is C37H35F2N11O5S2. The molecule has 0 aromatic carbocycles. The van der Waals surface area contributed by atoms with Crippen LogP contribution in [-0.4, -0.2) is 82.6 Å². The molecule has 0 radical (unpaired) electrons. The maximum absolute atomic E-state index is 14.2. The van der Waals surface area contributed by atoms with Crippen LogP contribution in [0.1, 0.15) is 69.3 Å². The number of carbonyl (C=O) groups excluding carboxylic acids is 1. The number of thiazole rings is 2. The van der Waals surface area contributed by atoms with Gasteiger partial charge in [-0.1, -0.05) is 12.8 Å². The first-order chi connectivity index (χ1) is 27.5. The predicted molar refractivity (Wildman–Crippen MR) is 206 cm³/mol. The van der Waals surface area contributed by atoms with Gasteiger partial charge in [0.2, 0.25) is 11.8 Å². The van der Waals surface area contributed by atoms with Crippen molar-refractivity contribution in [1.29, 1.82) is 0 Å². The average molecular weight is 816 g/mol. The summed E-state index contributed by atoms with van der Waals surface area (Å²) in [6.45, 7) is 1.00. The molecule has 2 fully saturated rings. The molecule has 0 aliphatic heterocycles. The molecule has 2 saturated carbocycles. The monoisotopic (exact) mass is 815 g/mol. The molecule has 6 N–H and O–H groups in total. The maximum atomic E-state index is 14.2. The van der Waals surface area contributed by atoms with E-state index in [1.807, 2.05) is 0 Å². The van der Waals surface area contributed by atoms with Crippen molar-refractivity contribution in [3.8, 4) is 33.2 Å². The molecule has 1 amide bonds. The van der Waals surface area contributed by atoms with Gasteiger partial charge in [-0.25, -0.2) is 13.6 Å². The minimum atomic E-state index is -1.11. The third-order valence-electron chi connectivity index (χ3n) is 9.94. The number of aromatic hydroxyl groups is 1. The highest BCUT2D eigenvalue weighted by Crippen LogP contribution is 2.45. The normalized spacial score (nSPS) is 14.9. The number of aromatic nitrogens is 8. The Kier molecular flexibility index (Phi) is 11.2. The van der Waals surface area contributed by atoms with Gasteiger partial charge in [-0.05, 0) is 74.2 Å². The van der Waals surface area contributed by atoms with E-state index in [4.69, 9.17) is 10.5 Å². The molecule has 2 aliphatic rings. The molecule has 6 heterocycles. The smallest absolute Gasteiger partial charge is 0.351 e. The van der Waals surface area contributed by atoms with E-state index in [1.54, 1.807) is 48.8 Å². The number of nitrogens with one attached hydrogen (secondary N) is 2. The van der Waals surface area contributed by atoms with Crippen molar-refractivity contribution >= 4 is 46.2 Å². The molecule has 6 aromatic rings. The summed E-state index contributed by atoms with van der Waals surface area (Å²) in [6, 6.07) is 12.9. The molecule has 294 valence electrons. The lowest BCUT2D eigenvalue weighted by Gasteiger charge is -2.41. The molecular weight excluding hydrogens is 781 g/mol. The second-order valence-corrected chi connectivity index (χ2v) is 15.4. The van der Waals surface area contributed by atoms with Crippen LogP contribution in [0, 0.1) is 11.6 Å². The molecule has 0 bridgehead atoms. The summed E-state index contributed by atoms with van der Waals surface area (Å²) in [6.07, 6.45) is 8.70. The lowest BCUT2D eigenvalue weighted by molar-refractivity contribution is 0.0698. The van der Waals surface area contributed by atoms with E-state index in [1.165, 1.54) is 19.2 Å². The number of methoxy groups -OCH3 is 1. The number of carbonyl (C=O) groups is 2. The van der Waals surface area contributed by atoms with Crippen LogP contribution < -0.4 is 21.1 Å². The Morgan fingerprint density at radius 1 is 0.772 bits per heavy atom. The predicted octanol–water partition coefficient (Wildman–Crippen LogP) is 5.85. The van der Waals surface area contributed by atoms with Gasteiger partial charge in [-0.3, -0.25) is 14.8 Å². The molecule has 20 heteroatoms. The summed E-state index contributed by atoms with van der Waals surface area (Å²) in [5.74, 6) is -1.74. The number of pyridine rings is 2. The molecule has 0 unspecified atom stereocenters. The third-order valence-corrected chi connectivity index (χ3v) is 12.1. The van der Waals surface area contributed by atoms with E-state index in [0.29, 0.717) is 57.5 Å². The zero-order chi connectivity index (χ0) is 40.2. The first kappa shape index (κ1) is 39.0. The number of amides is 1. The van der Waals surface area contributed by atoms with Crippen molar-refractivity contribution in [2.24, 2.45) is 5.73 Å². The van der Waals surface area contributed by atoms with Gasteiger partial charge < -0.3 is 31.3 Å². The number of rotatable bonds is 13. The van der Waals surface area contributed by atoms with Gasteiger partial charge in [-0.2, -0.15) is 9.97 Å². The number of nitrogens with zero attached hydrogens (tertiary/aromatic N) is 8. The van der Waals surface area contributed by atoms with Crippen LogP contribution in [0.2, 0.25) is 0 Å². The Balaban J connectivity index is 0.000000174. The molecule has 16 nitrogen and oxygen atoms in total. The Labute approximate surface area is 331 Å². The number of halogens is 2. The second kappa shape index (κ2) is 16.4. The van der Waals surface area contributed by atoms with Crippen molar-refractivity contribution < 1.29 is 33.3 Å². The Bertz CT molecular complexity index is 2390. The van der Waals surface area contributed by atoms with Gasteiger partial charge in [0.1, 0.15) is 44.7 Å². The second-order valence-electron chi connectivity index (χ2n) is 13.4. The van der Waals surface area contributed by atoms with Crippen molar-refractivity contribution in [2.75, 3.05) is 30.8 Å². The number of hydrogen-bond donors (Lipinski definition) is 5. The summed E-state index contributed by atoms with van der Waals surface area (Å²) >= 11 is 1.92. The fourth-order valence-electron chi connectivity index (χ4n) is 6.63. The molecule has 0 spiro atoms. The van der Waals surface area contributed by atoms with Gasteiger partial charge in [0, 0.05) is 36.3 Å². The number of carboxylic acid groups (broad SMARTS) is 1. The van der Waals surface area contributed by atoms with Crippen molar-refractivity contribution in [2.45, 2.75) is 49.4 Å². The van der Waals surface area contributed by atoms with Crippen molar-refractivity contribution in [3.63, 3.8) is 0 Å². The number of aromatic carboxylic acids is 1. The maximum Gasteiger partial charge on any atom is 0.351 e. The summed E-state index contributed by atoms with van der Waals surface area (Å²) in [4.78, 5) is 39.0. The standard InChI is InChI=1S/C19H18FN5O3S.C18H17FN6O2S/c1-28-16-14(18(26)27)29-17(23-16)12-5-6-13(25-24-12)22-10-19(7-3-8-19)15-11(20)4-2-9-21-15;19-10-3-1-8-21-14(10)18(6-2-7-18)9-22-12-5-4-11(24-25-12)17-23-16(27)13(28-17)15(20)26/h2,4-6,9H,3,7-8,10H2,1H3,(H,22,25)(H,26,27);1,3-5,8,27H,2,6-7,9H2,(H2,20,26)(H,22,25). The van der Waals surface area contributed by atoms with Crippen LogP contribution >= 0.6 is 22.7 Å². The summed E-state index contributed by atoms with van der Waals surface area (Å²) in [7, 11) is 1.37. The fourth-order valence-corrected chi connectivity index (χ4v) is 8.24. The Morgan fingerprint density at radius 2 is 1.26 bits per heavy atom. The number of primary amides is 1. The van der Waals surface area contributed by atoms with E-state index in [2.05, 4.69) is 51.0 Å². The van der Waals surface area contributed by atoms with Gasteiger partial charge in [-0.15, -0.1) is 43.1 Å². The number of nitrogens with two attached hydrogens (primary N) is 1. The number of carboxylic acids is 1. The van der Waals surface area contributed by atoms with Crippen LogP contribution in [0.25, 0.3) is 21.4 Å². The van der Waals surface area contributed by atoms with Crippen LogP contribution in [0.3, 0.4) is 0 Å². The lowest BCUT2D eigenvalue weighted by Crippen LogP contribution is -2.42. The highest BCUT2D eigenvalue weighted by Gasteiger charge is 2.43. The van der Waals surface area contributed by atoms with E-state index >= 15 is 0 Å². The minimum Gasteiger partial charge on any atom is -0.492 e. The fraction of sp³-hybridized carbons (Fsp3) is 0.297. The van der Waals surface area contributed by atoms with Crippen molar-refractivity contribution in [1.82, 2.24) is 40.3 Å². The molecule has 8 rings (SSSR count). The van der Waals surface area contributed by atoms with E-state index < -0.39 is 17.8 Å². The topological polar surface area (TPSA) is 237 Å². The third kappa shape index (κ3) is 8.17. The molecule has 2 aliphatic carbocycles. The summed E-state index contributed by atoms with van der Waals surface area (Å²) < 4.78 is 33.4. The van der Waals surface area contributed by atoms with Crippen LogP contribution in [-0.2, 0) is 10.8 Å². The highest BCUT2D eigenvalue weighted by molar-refractivity contribution is 7.17. The lowest BCUT2D eigenvalue weighted by atomic mass is 9.66. The molecule has 0 atom stereocenters. The van der Waals surface area contributed by atoms with E-state index in [9.17, 15) is 28.6 Å². The zero-order valence-electron chi connectivity index (χ0n) is 30.3. The van der Waals surface area contributed by atoms with E-state index in [-0.39, 0.29) is 38.1 Å². The van der Waals surface area contributed by atoms with Gasteiger partial charge in [0.05, 0.1) is 18.5 Å². The molecule has 57 heavy (non-hydrogen) atoms. The summed E-state index contributed by atoms with van der Waals surface area (Å²) in [5, 5.41) is 42.5. The van der Waals surface area contributed by atoms with Gasteiger partial charge >= 0.3 is 5.97 Å². The first-order valence-corrected chi connectivity index (χ1v) is 19.3. The average Bonchev–Trinajstić information content (AvgIpc) is 3.80. The number of ether oxygens (including phenoxy) is 1. The van der Waals surface area contributed by atoms with Crippen LogP contribution in [0.15, 0.2) is 60.9 Å². The van der Waals surface area contributed by atoms with Crippen LogP contribution in [0.4, 0.5) is 20.4 Å². The van der Waals surface area contributed by atoms with Crippen LogP contribution in [0.5, 0.6) is 11.8 Å². The van der Waals surface area contributed by atoms with Gasteiger partial charge in [0.25, 0.3) is 5.91 Å². The molecule has 6 aromatic heterocycles. The SMILES string of the molecule is COc1nc(-c2ccc(NCC3(c4ncccc4F)CCC3)nn2)sc1C(=O)O.NC(=O)c1sc(-c2ccc(NCC3(c4ncccc4F)CCC3)nn2)nc1O. The number of hydrogen-bond acceptors (Lipinski definition) is 16. The number of anilines is 2. The minimum absolute atomic E-state index is 0.0100. The zero-order valence-corrected chi connectivity index (χ0v) is 31.9. The molecule has 0 saturated heterocycles. The Morgan fingerprint density at radius 3 is 1.61 bits per heavy atom. The largest absolute Gasteiger partial charge is 0.492 e. The Hall–Kier alpha value is -6.28.